The average Bonchev–Trinajstić information content (AvgIpc) is 2.95. The van der Waals surface area contributed by atoms with Gasteiger partial charge in [0.1, 0.15) is 0 Å². The van der Waals surface area contributed by atoms with E-state index in [1.165, 1.54) is 25.7 Å². The largest absolute Gasteiger partial charge is 0.378 e. The van der Waals surface area contributed by atoms with Crippen LogP contribution in [0.5, 0.6) is 0 Å². The van der Waals surface area contributed by atoms with Crippen LogP contribution in [-0.2, 0) is 9.53 Å². The van der Waals surface area contributed by atoms with Crippen molar-refractivity contribution in [3.8, 4) is 0 Å². The molecule has 4 atom stereocenters. The lowest BCUT2D eigenvalue weighted by Crippen LogP contribution is -2.47. The number of ether oxygens (including phenoxy) is 1. The SMILES string of the molecule is Cl.O=C(NC1CCCC2OCCC12)C1CC12CCNCC2. The first-order valence-electron chi connectivity index (χ1n) is 8.41. The number of rotatable bonds is 2. The maximum Gasteiger partial charge on any atom is 0.223 e. The zero-order chi connectivity index (χ0) is 13.6. The summed E-state index contributed by atoms with van der Waals surface area (Å²) in [7, 11) is 0. The number of halogens is 1. The number of nitrogens with one attached hydrogen (secondary N) is 2. The van der Waals surface area contributed by atoms with Gasteiger partial charge >= 0.3 is 0 Å². The first-order valence-corrected chi connectivity index (χ1v) is 8.41. The van der Waals surface area contributed by atoms with E-state index in [1.807, 2.05) is 0 Å². The second-order valence-electron chi connectivity index (χ2n) is 7.28. The van der Waals surface area contributed by atoms with Crippen molar-refractivity contribution >= 4 is 18.3 Å². The van der Waals surface area contributed by atoms with Gasteiger partial charge in [0, 0.05) is 24.5 Å². The van der Waals surface area contributed by atoms with Crippen LogP contribution in [0.3, 0.4) is 0 Å². The highest BCUT2D eigenvalue weighted by atomic mass is 35.5. The Morgan fingerprint density at radius 1 is 1.19 bits per heavy atom. The van der Waals surface area contributed by atoms with E-state index >= 15 is 0 Å². The second kappa shape index (κ2) is 6.05. The quantitative estimate of drug-likeness (QED) is 0.818. The zero-order valence-corrected chi connectivity index (χ0v) is 13.4. The Kier molecular flexibility index (Phi) is 4.49. The first-order chi connectivity index (χ1) is 9.78. The van der Waals surface area contributed by atoms with Crippen LogP contribution in [0.1, 0.15) is 44.9 Å². The van der Waals surface area contributed by atoms with Crippen LogP contribution in [0.25, 0.3) is 0 Å². The molecule has 1 spiro atoms. The number of carbonyl (C=O) groups is 1. The van der Waals surface area contributed by atoms with E-state index in [4.69, 9.17) is 4.74 Å². The minimum Gasteiger partial charge on any atom is -0.378 e. The third-order valence-electron chi connectivity index (χ3n) is 6.21. The third-order valence-corrected chi connectivity index (χ3v) is 6.21. The molecule has 2 aliphatic carbocycles. The fourth-order valence-corrected chi connectivity index (χ4v) is 4.83. The van der Waals surface area contributed by atoms with Gasteiger partial charge in [-0.05, 0) is 63.5 Å². The minimum absolute atomic E-state index is 0. The normalized spacial score (nSPS) is 40.2. The summed E-state index contributed by atoms with van der Waals surface area (Å²) in [6.07, 6.45) is 8.59. The van der Waals surface area contributed by atoms with Crippen molar-refractivity contribution in [3.05, 3.63) is 0 Å². The molecule has 0 aromatic carbocycles. The molecule has 1 amide bonds. The summed E-state index contributed by atoms with van der Waals surface area (Å²) in [4.78, 5) is 12.6. The smallest absolute Gasteiger partial charge is 0.223 e. The maximum absolute atomic E-state index is 12.6. The van der Waals surface area contributed by atoms with Crippen molar-refractivity contribution in [2.45, 2.75) is 57.1 Å². The van der Waals surface area contributed by atoms with E-state index in [0.717, 1.165) is 39.0 Å². The van der Waals surface area contributed by atoms with Gasteiger partial charge in [-0.2, -0.15) is 0 Å². The molecule has 2 saturated heterocycles. The molecule has 0 aromatic rings. The molecule has 4 aliphatic rings. The molecule has 2 saturated carbocycles. The number of amides is 1. The number of fused-ring (bicyclic) bond motifs is 1. The summed E-state index contributed by atoms with van der Waals surface area (Å²) >= 11 is 0. The summed E-state index contributed by atoms with van der Waals surface area (Å²) in [5.74, 6) is 1.21. The molecule has 4 unspecified atom stereocenters. The minimum atomic E-state index is 0. The van der Waals surface area contributed by atoms with E-state index in [-0.39, 0.29) is 12.4 Å². The number of hydrogen-bond donors (Lipinski definition) is 2. The summed E-state index contributed by atoms with van der Waals surface area (Å²) < 4.78 is 5.80. The van der Waals surface area contributed by atoms with Crippen molar-refractivity contribution < 1.29 is 9.53 Å². The highest BCUT2D eigenvalue weighted by molar-refractivity contribution is 5.85. The van der Waals surface area contributed by atoms with Gasteiger partial charge in [-0.1, -0.05) is 0 Å². The fourth-order valence-electron chi connectivity index (χ4n) is 4.83. The van der Waals surface area contributed by atoms with Gasteiger partial charge in [-0.3, -0.25) is 4.79 Å². The van der Waals surface area contributed by atoms with Gasteiger partial charge in [0.25, 0.3) is 0 Å². The molecule has 21 heavy (non-hydrogen) atoms. The summed E-state index contributed by atoms with van der Waals surface area (Å²) in [6.45, 7) is 3.07. The van der Waals surface area contributed by atoms with Crippen LogP contribution in [0.2, 0.25) is 0 Å². The summed E-state index contributed by atoms with van der Waals surface area (Å²) in [5, 5.41) is 6.79. The number of piperidine rings is 1. The highest BCUT2D eigenvalue weighted by Gasteiger charge is 2.58. The summed E-state index contributed by atoms with van der Waals surface area (Å²) in [6, 6.07) is 0.378. The Morgan fingerprint density at radius 3 is 2.81 bits per heavy atom. The van der Waals surface area contributed by atoms with E-state index in [9.17, 15) is 4.79 Å². The van der Waals surface area contributed by atoms with Crippen LogP contribution < -0.4 is 10.6 Å². The molecule has 4 fully saturated rings. The third kappa shape index (κ3) is 2.82. The number of hydrogen-bond acceptors (Lipinski definition) is 3. The van der Waals surface area contributed by atoms with E-state index < -0.39 is 0 Å². The Labute approximate surface area is 133 Å². The molecule has 2 N–H and O–H groups in total. The molecule has 120 valence electrons. The van der Waals surface area contributed by atoms with Gasteiger partial charge in [-0.15, -0.1) is 12.4 Å². The van der Waals surface area contributed by atoms with Crippen molar-refractivity contribution in [2.24, 2.45) is 17.3 Å². The van der Waals surface area contributed by atoms with Crippen molar-refractivity contribution in [1.29, 1.82) is 0 Å². The van der Waals surface area contributed by atoms with Gasteiger partial charge in [-0.25, -0.2) is 0 Å². The van der Waals surface area contributed by atoms with Crippen LogP contribution in [0.15, 0.2) is 0 Å². The molecule has 2 heterocycles. The number of carbonyl (C=O) groups excluding carboxylic acids is 1. The van der Waals surface area contributed by atoms with Crippen molar-refractivity contribution in [2.75, 3.05) is 19.7 Å². The Bertz CT molecular complexity index is 398. The molecule has 4 rings (SSSR count). The lowest BCUT2D eigenvalue weighted by Gasteiger charge is -2.33. The van der Waals surface area contributed by atoms with Crippen LogP contribution in [0.4, 0.5) is 0 Å². The topological polar surface area (TPSA) is 50.4 Å². The van der Waals surface area contributed by atoms with E-state index in [2.05, 4.69) is 10.6 Å². The molecule has 2 aliphatic heterocycles. The van der Waals surface area contributed by atoms with Crippen molar-refractivity contribution in [3.63, 3.8) is 0 Å². The summed E-state index contributed by atoms with van der Waals surface area (Å²) in [5.41, 5.74) is 0.357. The van der Waals surface area contributed by atoms with E-state index in [1.54, 1.807) is 0 Å². The Hall–Kier alpha value is -0.320. The molecule has 0 bridgehead atoms. The fraction of sp³-hybridized carbons (Fsp3) is 0.938. The molecular formula is C16H27ClN2O2. The zero-order valence-electron chi connectivity index (χ0n) is 12.6. The predicted octanol–water partition coefficient (Wildman–Crippen LogP) is 1.87. The predicted molar refractivity (Wildman–Crippen MR) is 83.5 cm³/mol. The Morgan fingerprint density at radius 2 is 2.00 bits per heavy atom. The highest BCUT2D eigenvalue weighted by Crippen LogP contribution is 2.58. The molecule has 5 heteroatoms. The van der Waals surface area contributed by atoms with Gasteiger partial charge in [0.15, 0.2) is 0 Å². The molecule has 0 radical (unpaired) electrons. The molecule has 0 aromatic heterocycles. The van der Waals surface area contributed by atoms with Crippen LogP contribution >= 0.6 is 12.4 Å². The first kappa shape index (κ1) is 15.6. The van der Waals surface area contributed by atoms with Crippen LogP contribution in [-0.4, -0.2) is 37.7 Å². The lowest BCUT2D eigenvalue weighted by molar-refractivity contribution is -0.124. The lowest BCUT2D eigenvalue weighted by atomic mass is 9.81. The van der Waals surface area contributed by atoms with Gasteiger partial charge < -0.3 is 15.4 Å². The Balaban J connectivity index is 0.00000132. The second-order valence-corrected chi connectivity index (χ2v) is 7.28. The molecular weight excluding hydrogens is 288 g/mol. The van der Waals surface area contributed by atoms with Crippen molar-refractivity contribution in [1.82, 2.24) is 10.6 Å². The van der Waals surface area contributed by atoms with Gasteiger partial charge in [0.05, 0.1) is 6.10 Å². The standard InChI is InChI=1S/C16H26N2O2.ClH/c19-15(12-10-16(12)5-7-17-8-6-16)18-13-2-1-3-14-11(13)4-9-20-14;/h11-14,17H,1-10H2,(H,18,19);1H. The molecule has 4 nitrogen and oxygen atoms in total. The monoisotopic (exact) mass is 314 g/mol. The van der Waals surface area contributed by atoms with E-state index in [0.29, 0.717) is 35.3 Å². The average molecular weight is 315 g/mol. The van der Waals surface area contributed by atoms with Gasteiger partial charge in [0.2, 0.25) is 5.91 Å². The van der Waals surface area contributed by atoms with Crippen LogP contribution in [0, 0.1) is 17.3 Å². The maximum atomic E-state index is 12.6.